The third-order valence-corrected chi connectivity index (χ3v) is 1.84. The standard InChI is InChI=1S/C7H8BIO2/c1-5-2-6(8(10)11)4-7(9)3-5/h2-4,10-11H,1H3/i1D3. The summed E-state index contributed by atoms with van der Waals surface area (Å²) >= 11 is 1.93. The molecule has 2 N–H and O–H groups in total. The zero-order chi connectivity index (χ0) is 10.9. The van der Waals surface area contributed by atoms with Gasteiger partial charge in [0.15, 0.2) is 0 Å². The Kier molecular flexibility index (Phi) is 1.80. The van der Waals surface area contributed by atoms with Crippen molar-refractivity contribution < 1.29 is 14.2 Å². The lowest BCUT2D eigenvalue weighted by molar-refractivity contribution is 0.425. The van der Waals surface area contributed by atoms with Crippen LogP contribution in [0.3, 0.4) is 0 Å². The molecule has 0 aromatic heterocycles. The minimum absolute atomic E-state index is 0.118. The lowest BCUT2D eigenvalue weighted by Gasteiger charge is -2.01. The molecule has 0 saturated heterocycles. The van der Waals surface area contributed by atoms with E-state index in [1.807, 2.05) is 22.6 Å². The van der Waals surface area contributed by atoms with Crippen LogP contribution >= 0.6 is 22.6 Å². The predicted molar refractivity (Wildman–Crippen MR) is 53.7 cm³/mol. The summed E-state index contributed by atoms with van der Waals surface area (Å²) in [5.41, 5.74) is 0.315. The Morgan fingerprint density at radius 2 is 2.18 bits per heavy atom. The lowest BCUT2D eigenvalue weighted by Crippen LogP contribution is -2.30. The average Bonchev–Trinajstić information content (AvgIpc) is 2.01. The van der Waals surface area contributed by atoms with Gasteiger partial charge in [0, 0.05) is 7.68 Å². The molecule has 0 spiro atoms. The first-order valence-corrected chi connectivity index (χ1v) is 4.05. The minimum atomic E-state index is -2.22. The van der Waals surface area contributed by atoms with Crippen molar-refractivity contribution in [2.75, 3.05) is 0 Å². The predicted octanol–water partition coefficient (Wildman–Crippen LogP) is 0.279. The van der Waals surface area contributed by atoms with Crippen LogP contribution in [0, 0.1) is 10.4 Å². The first-order valence-electron chi connectivity index (χ1n) is 4.48. The molecule has 1 aromatic carbocycles. The quantitative estimate of drug-likeness (QED) is 0.565. The van der Waals surface area contributed by atoms with E-state index in [0.717, 1.165) is 0 Å². The highest BCUT2D eigenvalue weighted by Crippen LogP contribution is 2.04. The molecule has 2 nitrogen and oxygen atoms in total. The van der Waals surface area contributed by atoms with Crippen LogP contribution in [-0.2, 0) is 0 Å². The molecule has 0 heterocycles. The molecule has 0 aliphatic rings. The van der Waals surface area contributed by atoms with Crippen LogP contribution in [0.5, 0.6) is 0 Å². The highest BCUT2D eigenvalue weighted by Gasteiger charge is 2.10. The summed E-state index contributed by atoms with van der Waals surface area (Å²) in [6, 6.07) is 4.31. The number of hydrogen-bond donors (Lipinski definition) is 2. The zero-order valence-corrected chi connectivity index (χ0v) is 7.74. The summed E-state index contributed by atoms with van der Waals surface area (Å²) in [6.45, 7) is -2.22. The molecular formula is C7H8BIO2. The van der Waals surface area contributed by atoms with Crippen LogP contribution in [0.2, 0.25) is 0 Å². The second-order valence-electron chi connectivity index (χ2n) is 2.15. The largest absolute Gasteiger partial charge is 0.488 e. The Balaban J connectivity index is 3.21. The highest BCUT2D eigenvalue weighted by atomic mass is 127. The average molecular weight is 265 g/mol. The summed E-state index contributed by atoms with van der Waals surface area (Å²) < 4.78 is 22.2. The van der Waals surface area contributed by atoms with Gasteiger partial charge in [0.1, 0.15) is 0 Å². The Morgan fingerprint density at radius 3 is 2.73 bits per heavy atom. The molecule has 1 aromatic rings. The number of halogens is 1. The molecule has 11 heavy (non-hydrogen) atoms. The molecule has 58 valence electrons. The van der Waals surface area contributed by atoms with Gasteiger partial charge in [0.25, 0.3) is 0 Å². The highest BCUT2D eigenvalue weighted by molar-refractivity contribution is 14.1. The lowest BCUT2D eigenvalue weighted by atomic mass is 9.80. The van der Waals surface area contributed by atoms with Gasteiger partial charge < -0.3 is 10.0 Å². The summed E-state index contributed by atoms with van der Waals surface area (Å²) in [6.07, 6.45) is 0. The number of aryl methyl sites for hydroxylation is 1. The third kappa shape index (κ3) is 2.46. The van der Waals surface area contributed by atoms with Gasteiger partial charge in [-0.2, -0.15) is 0 Å². The third-order valence-electron chi connectivity index (χ3n) is 1.22. The van der Waals surface area contributed by atoms with Crippen LogP contribution in [0.4, 0.5) is 0 Å². The van der Waals surface area contributed by atoms with Crippen LogP contribution < -0.4 is 5.46 Å². The molecule has 0 radical (unpaired) electrons. The Morgan fingerprint density at radius 1 is 1.45 bits per heavy atom. The molecule has 0 amide bonds. The van der Waals surface area contributed by atoms with E-state index in [1.54, 1.807) is 0 Å². The van der Waals surface area contributed by atoms with Gasteiger partial charge in [-0.1, -0.05) is 11.6 Å². The van der Waals surface area contributed by atoms with Crippen LogP contribution in [0.15, 0.2) is 18.2 Å². The SMILES string of the molecule is [2H]C([2H])([2H])c1cc(I)cc(B(O)O)c1. The van der Waals surface area contributed by atoms with Gasteiger partial charge in [-0.15, -0.1) is 0 Å². The van der Waals surface area contributed by atoms with Crippen molar-refractivity contribution in [3.05, 3.63) is 27.3 Å². The van der Waals surface area contributed by atoms with Crippen molar-refractivity contribution in [3.63, 3.8) is 0 Å². The van der Waals surface area contributed by atoms with Crippen LogP contribution in [-0.4, -0.2) is 17.2 Å². The first kappa shape index (κ1) is 5.56. The summed E-state index contributed by atoms with van der Waals surface area (Å²) in [5.74, 6) is 0. The van der Waals surface area contributed by atoms with Crippen LogP contribution in [0.1, 0.15) is 9.68 Å². The van der Waals surface area contributed by atoms with E-state index >= 15 is 0 Å². The molecule has 0 aliphatic carbocycles. The number of benzene rings is 1. The second-order valence-corrected chi connectivity index (χ2v) is 3.39. The maximum atomic E-state index is 8.91. The smallest absolute Gasteiger partial charge is 0.423 e. The summed E-state index contributed by atoms with van der Waals surface area (Å²) in [5, 5.41) is 17.8. The molecule has 4 heteroatoms. The second kappa shape index (κ2) is 3.56. The van der Waals surface area contributed by atoms with E-state index in [9.17, 15) is 0 Å². The summed E-state index contributed by atoms with van der Waals surface area (Å²) in [4.78, 5) is 0. The fourth-order valence-corrected chi connectivity index (χ4v) is 1.46. The molecule has 0 unspecified atom stereocenters. The Bertz CT molecular complexity index is 340. The van der Waals surface area contributed by atoms with Crippen LogP contribution in [0.25, 0.3) is 0 Å². The van der Waals surface area contributed by atoms with Crippen molar-refractivity contribution in [2.24, 2.45) is 0 Å². The van der Waals surface area contributed by atoms with E-state index in [2.05, 4.69) is 0 Å². The maximum absolute atomic E-state index is 8.91. The van der Waals surface area contributed by atoms with Crippen molar-refractivity contribution >= 4 is 35.2 Å². The van der Waals surface area contributed by atoms with Gasteiger partial charge in [-0.05, 0) is 47.0 Å². The fraction of sp³-hybridized carbons (Fsp3) is 0.143. The minimum Gasteiger partial charge on any atom is -0.423 e. The van der Waals surface area contributed by atoms with Crippen molar-refractivity contribution in [1.82, 2.24) is 0 Å². The molecule has 0 atom stereocenters. The van der Waals surface area contributed by atoms with Crippen molar-refractivity contribution in [3.8, 4) is 0 Å². The van der Waals surface area contributed by atoms with Crippen molar-refractivity contribution in [1.29, 1.82) is 0 Å². The Hall–Kier alpha value is -0.0651. The molecule has 0 saturated carbocycles. The Labute approximate surface area is 83.8 Å². The normalized spacial score (nSPS) is 15.0. The zero-order valence-electron chi connectivity index (χ0n) is 8.58. The van der Waals surface area contributed by atoms with E-state index in [4.69, 9.17) is 14.2 Å². The fourth-order valence-electron chi connectivity index (χ4n) is 0.761. The number of rotatable bonds is 1. The molecule has 0 bridgehead atoms. The van der Waals surface area contributed by atoms with Gasteiger partial charge >= 0.3 is 7.12 Å². The maximum Gasteiger partial charge on any atom is 0.488 e. The molecular weight excluding hydrogens is 254 g/mol. The van der Waals surface area contributed by atoms with Gasteiger partial charge in [0.2, 0.25) is 0 Å². The van der Waals surface area contributed by atoms with Crippen molar-refractivity contribution in [2.45, 2.75) is 6.85 Å². The molecule has 1 rings (SSSR count). The van der Waals surface area contributed by atoms with Gasteiger partial charge in [0.05, 0.1) is 0 Å². The monoisotopic (exact) mass is 265 g/mol. The van der Waals surface area contributed by atoms with E-state index in [-0.39, 0.29) is 11.0 Å². The van der Waals surface area contributed by atoms with E-state index in [0.29, 0.717) is 3.57 Å². The first-order chi connectivity index (χ1) is 6.30. The van der Waals surface area contributed by atoms with E-state index in [1.165, 1.54) is 18.2 Å². The molecule has 0 fully saturated rings. The topological polar surface area (TPSA) is 40.5 Å². The van der Waals surface area contributed by atoms with E-state index < -0.39 is 14.0 Å². The summed E-state index contributed by atoms with van der Waals surface area (Å²) in [7, 11) is -1.63. The number of hydrogen-bond acceptors (Lipinski definition) is 2. The van der Waals surface area contributed by atoms with Gasteiger partial charge in [-0.3, -0.25) is 0 Å². The van der Waals surface area contributed by atoms with Gasteiger partial charge in [-0.25, -0.2) is 0 Å². The molecule has 0 aliphatic heterocycles.